The summed E-state index contributed by atoms with van der Waals surface area (Å²) >= 11 is 1.89. The lowest BCUT2D eigenvalue weighted by atomic mass is 10.0. The minimum absolute atomic E-state index is 0.00143. The Morgan fingerprint density at radius 2 is 1.92 bits per heavy atom. The first-order valence-electron chi connectivity index (χ1n) is 13.7. The first kappa shape index (κ1) is 27.3. The Morgan fingerprint density at radius 3 is 2.72 bits per heavy atom. The summed E-state index contributed by atoms with van der Waals surface area (Å²) in [6.45, 7) is 1.40. The van der Waals surface area contributed by atoms with Crippen LogP contribution in [0, 0.1) is 0 Å². The van der Waals surface area contributed by atoms with E-state index in [4.69, 9.17) is 4.74 Å². The molecule has 3 atom stereocenters. The number of ether oxygens (including phenoxy) is 1. The van der Waals surface area contributed by atoms with Gasteiger partial charge in [-0.05, 0) is 49.9 Å². The van der Waals surface area contributed by atoms with E-state index in [1.54, 1.807) is 12.1 Å². The normalized spacial score (nSPS) is 21.7. The Labute approximate surface area is 231 Å². The molecular formula is C27H36N6O5S. The monoisotopic (exact) mass is 556 g/mol. The summed E-state index contributed by atoms with van der Waals surface area (Å²) in [6.07, 6.45) is 5.55. The lowest BCUT2D eigenvalue weighted by Crippen LogP contribution is -2.36. The Kier molecular flexibility index (Phi) is 8.92. The van der Waals surface area contributed by atoms with Gasteiger partial charge >= 0.3 is 6.03 Å². The zero-order valence-corrected chi connectivity index (χ0v) is 22.6. The van der Waals surface area contributed by atoms with Crippen LogP contribution in [0.15, 0.2) is 24.3 Å². The number of H-pyrrole nitrogens is 1. The molecule has 3 aliphatic rings. The summed E-state index contributed by atoms with van der Waals surface area (Å²) in [4.78, 5) is 35.9. The van der Waals surface area contributed by atoms with Crippen molar-refractivity contribution in [3.8, 4) is 17.0 Å². The highest BCUT2D eigenvalue weighted by Gasteiger charge is 2.42. The van der Waals surface area contributed by atoms with Gasteiger partial charge in [-0.15, -0.1) is 0 Å². The highest BCUT2D eigenvalue weighted by atomic mass is 32.2. The van der Waals surface area contributed by atoms with Gasteiger partial charge in [-0.3, -0.25) is 14.7 Å². The van der Waals surface area contributed by atoms with Gasteiger partial charge in [0.1, 0.15) is 5.75 Å². The van der Waals surface area contributed by atoms with Crippen molar-refractivity contribution in [2.75, 3.05) is 32.1 Å². The number of carbonyl (C=O) groups excluding carboxylic acids is 3. The third-order valence-corrected chi connectivity index (χ3v) is 8.84. The smallest absolute Gasteiger partial charge is 0.315 e. The lowest BCUT2D eigenvalue weighted by molar-refractivity contribution is -0.121. The van der Waals surface area contributed by atoms with Crippen LogP contribution in [-0.4, -0.2) is 82.5 Å². The molecule has 4 amide bonds. The number of unbranched alkanes of at least 4 members (excludes halogenated alkanes) is 1. The molecule has 3 heterocycles. The number of hydrogen-bond acceptors (Lipinski definition) is 7. The van der Waals surface area contributed by atoms with E-state index in [1.807, 2.05) is 17.8 Å². The molecular weight excluding hydrogens is 520 g/mol. The maximum Gasteiger partial charge on any atom is 0.315 e. The Bertz CT molecular complexity index is 1190. The summed E-state index contributed by atoms with van der Waals surface area (Å²) in [7, 11) is 0. The number of urea groups is 1. The number of benzene rings is 1. The number of amides is 4. The summed E-state index contributed by atoms with van der Waals surface area (Å²) in [5, 5.41) is 29.7. The summed E-state index contributed by atoms with van der Waals surface area (Å²) in [5.41, 5.74) is 2.69. The molecule has 6 N–H and O–H groups in total. The molecule has 1 aromatic carbocycles. The van der Waals surface area contributed by atoms with Gasteiger partial charge < -0.3 is 31.1 Å². The lowest BCUT2D eigenvalue weighted by Gasteiger charge is -2.16. The van der Waals surface area contributed by atoms with Crippen molar-refractivity contribution in [1.29, 1.82) is 0 Å². The number of nitrogens with zero attached hydrogens (tertiary/aromatic N) is 1. The summed E-state index contributed by atoms with van der Waals surface area (Å²) in [5.74, 6) is 1.20. The number of phenolic OH excluding ortho intramolecular Hbond substituents is 1. The molecule has 3 fully saturated rings. The van der Waals surface area contributed by atoms with Gasteiger partial charge in [-0.25, -0.2) is 4.79 Å². The molecule has 210 valence electrons. The number of aromatic hydroxyl groups is 1. The molecule has 1 unspecified atom stereocenters. The molecule has 11 nitrogen and oxygen atoms in total. The zero-order chi connectivity index (χ0) is 27.2. The van der Waals surface area contributed by atoms with E-state index in [0.29, 0.717) is 60.7 Å². The maximum atomic E-state index is 12.4. The van der Waals surface area contributed by atoms with Crippen LogP contribution in [0.25, 0.3) is 11.3 Å². The van der Waals surface area contributed by atoms with Crippen LogP contribution in [0.4, 0.5) is 4.79 Å². The Hall–Kier alpha value is -3.25. The third-order valence-electron chi connectivity index (χ3n) is 7.33. The number of rotatable bonds is 14. The van der Waals surface area contributed by atoms with E-state index < -0.39 is 0 Å². The first-order chi connectivity index (χ1) is 19.0. The van der Waals surface area contributed by atoms with Gasteiger partial charge in [0.15, 0.2) is 0 Å². The Balaban J connectivity index is 0.898. The van der Waals surface area contributed by atoms with E-state index in [-0.39, 0.29) is 35.7 Å². The minimum Gasteiger partial charge on any atom is -0.507 e. The van der Waals surface area contributed by atoms with Crippen molar-refractivity contribution in [1.82, 2.24) is 31.5 Å². The number of aromatic amines is 1. The van der Waals surface area contributed by atoms with Gasteiger partial charge in [0, 0.05) is 53.3 Å². The molecule has 5 rings (SSSR count). The average molecular weight is 557 g/mol. The van der Waals surface area contributed by atoms with Crippen LogP contribution in [-0.2, 0) is 9.53 Å². The van der Waals surface area contributed by atoms with E-state index >= 15 is 0 Å². The Morgan fingerprint density at radius 1 is 1.10 bits per heavy atom. The van der Waals surface area contributed by atoms with Crippen molar-refractivity contribution in [3.05, 3.63) is 35.5 Å². The van der Waals surface area contributed by atoms with E-state index in [0.717, 1.165) is 43.6 Å². The zero-order valence-electron chi connectivity index (χ0n) is 21.8. The largest absolute Gasteiger partial charge is 0.507 e. The molecule has 2 aromatic rings. The van der Waals surface area contributed by atoms with Crippen LogP contribution in [0.5, 0.6) is 5.75 Å². The quantitative estimate of drug-likeness (QED) is 0.154. The number of thioether (sulfide) groups is 1. The topological polar surface area (TPSA) is 157 Å². The van der Waals surface area contributed by atoms with Crippen molar-refractivity contribution >= 4 is 29.6 Å². The highest BCUT2D eigenvalue weighted by molar-refractivity contribution is 8.00. The average Bonchev–Trinajstić information content (AvgIpc) is 3.36. The number of carbonyl (C=O) groups is 3. The molecule has 1 saturated carbocycles. The van der Waals surface area contributed by atoms with Crippen molar-refractivity contribution in [2.24, 2.45) is 0 Å². The first-order valence-corrected chi connectivity index (χ1v) is 14.7. The maximum absolute atomic E-state index is 12.4. The molecule has 0 radical (unpaired) electrons. The molecule has 1 aliphatic carbocycles. The van der Waals surface area contributed by atoms with Gasteiger partial charge in [-0.2, -0.15) is 16.9 Å². The molecule has 0 spiro atoms. The van der Waals surface area contributed by atoms with Crippen LogP contribution in [0.3, 0.4) is 0 Å². The van der Waals surface area contributed by atoms with E-state index in [1.165, 1.54) is 6.07 Å². The fraction of sp³-hybridized carbons (Fsp3) is 0.556. The van der Waals surface area contributed by atoms with Crippen LogP contribution >= 0.6 is 11.8 Å². The fourth-order valence-corrected chi connectivity index (χ4v) is 6.58. The molecule has 39 heavy (non-hydrogen) atoms. The standard InChI is InChI=1S/C27H36N6O5S/c34-22-13-17(7-8-18(22)20-14-19(32-33-20)16-5-6-16)26(36)29-10-12-38-11-9-28-24(35)4-2-1-3-23-25-21(15-39-23)30-27(37)31-25/h7-8,13-14,16,21,23,25,34H,1-6,9-12,15H2,(H,28,35)(H,29,36)(H,32,33)(H2,30,31,37)/t21-,23?,25-/m0/s1. The fourth-order valence-electron chi connectivity index (χ4n) is 5.03. The van der Waals surface area contributed by atoms with E-state index in [9.17, 15) is 19.5 Å². The predicted molar refractivity (Wildman–Crippen MR) is 148 cm³/mol. The molecule has 2 saturated heterocycles. The molecule has 2 aliphatic heterocycles. The van der Waals surface area contributed by atoms with Crippen molar-refractivity contribution in [3.63, 3.8) is 0 Å². The molecule has 1 aromatic heterocycles. The number of nitrogens with one attached hydrogen (secondary N) is 5. The number of fused-ring (bicyclic) bond motifs is 1. The predicted octanol–water partition coefficient (Wildman–Crippen LogP) is 2.25. The SMILES string of the molecule is O=C(CCCCC1SC[C@@H]2NC(=O)N[C@H]12)NCCOCCNC(=O)c1ccc(-c2cc(C3CC3)[nH]n2)c(O)c1. The molecule has 0 bridgehead atoms. The van der Waals surface area contributed by atoms with Gasteiger partial charge in [0.25, 0.3) is 5.91 Å². The van der Waals surface area contributed by atoms with Crippen LogP contribution < -0.4 is 21.3 Å². The number of aromatic nitrogens is 2. The van der Waals surface area contributed by atoms with Gasteiger partial charge in [0.2, 0.25) is 5.91 Å². The van der Waals surface area contributed by atoms with Crippen LogP contribution in [0.2, 0.25) is 0 Å². The third kappa shape index (κ3) is 7.24. The highest BCUT2D eigenvalue weighted by Crippen LogP contribution is 2.40. The second-order valence-electron chi connectivity index (χ2n) is 10.3. The second kappa shape index (κ2) is 12.7. The van der Waals surface area contributed by atoms with Gasteiger partial charge in [-0.1, -0.05) is 6.42 Å². The van der Waals surface area contributed by atoms with E-state index in [2.05, 4.69) is 31.5 Å². The second-order valence-corrected chi connectivity index (χ2v) is 11.6. The summed E-state index contributed by atoms with van der Waals surface area (Å²) in [6, 6.07) is 7.13. The van der Waals surface area contributed by atoms with Crippen molar-refractivity contribution < 1.29 is 24.2 Å². The number of phenols is 1. The minimum atomic E-state index is -0.299. The van der Waals surface area contributed by atoms with Crippen LogP contribution in [0.1, 0.15) is 60.5 Å². The summed E-state index contributed by atoms with van der Waals surface area (Å²) < 4.78 is 5.51. The number of hydrogen-bond donors (Lipinski definition) is 6. The van der Waals surface area contributed by atoms with Crippen molar-refractivity contribution in [2.45, 2.75) is 61.8 Å². The van der Waals surface area contributed by atoms with Gasteiger partial charge in [0.05, 0.1) is 31.0 Å². The molecule has 12 heteroatoms.